The molecule has 0 unspecified atom stereocenters. The van der Waals surface area contributed by atoms with E-state index in [9.17, 15) is 9.59 Å². The first-order valence-corrected chi connectivity index (χ1v) is 5.16. The molecule has 15 heavy (non-hydrogen) atoms. The second-order valence-electron chi connectivity index (χ2n) is 3.43. The van der Waals surface area contributed by atoms with Gasteiger partial charge in [-0.15, -0.1) is 0 Å². The van der Waals surface area contributed by atoms with E-state index < -0.39 is 6.04 Å². The summed E-state index contributed by atoms with van der Waals surface area (Å²) in [4.78, 5) is 21.3. The van der Waals surface area contributed by atoms with E-state index in [0.29, 0.717) is 12.7 Å². The zero-order valence-corrected chi connectivity index (χ0v) is 9.31. The van der Waals surface area contributed by atoms with E-state index in [0.717, 1.165) is 6.42 Å². The molecule has 0 rings (SSSR count). The number of carbonyl (C=O) groups is 2. The zero-order valence-electron chi connectivity index (χ0n) is 9.31. The van der Waals surface area contributed by atoms with Crippen LogP contribution in [0, 0.1) is 5.92 Å². The molecule has 2 N–H and O–H groups in total. The van der Waals surface area contributed by atoms with Crippen LogP contribution < -0.4 is 5.73 Å². The molecule has 0 amide bonds. The Kier molecular flexibility index (Phi) is 7.54. The maximum absolute atomic E-state index is 11.3. The summed E-state index contributed by atoms with van der Waals surface area (Å²) in [6, 6.07) is -0.551. The van der Waals surface area contributed by atoms with E-state index >= 15 is 0 Å². The highest BCUT2D eigenvalue weighted by Crippen LogP contribution is 2.06. The number of ether oxygens (including phenoxy) is 1. The summed E-state index contributed by atoms with van der Waals surface area (Å²) in [5.41, 5.74) is 5.66. The number of hydrogen-bond donors (Lipinski definition) is 1. The molecule has 0 aromatic carbocycles. The lowest BCUT2D eigenvalue weighted by Gasteiger charge is -2.16. The molecule has 4 heteroatoms. The van der Waals surface area contributed by atoms with Gasteiger partial charge in [0.15, 0.2) is 0 Å². The normalized spacial score (nSPS) is 14.9. The molecule has 0 aliphatic rings. The van der Waals surface area contributed by atoms with Crippen LogP contribution in [0.5, 0.6) is 0 Å². The fourth-order valence-corrected chi connectivity index (χ4v) is 0.962. The summed E-state index contributed by atoms with van der Waals surface area (Å²) >= 11 is 0. The van der Waals surface area contributed by atoms with Gasteiger partial charge in [-0.1, -0.05) is 26.3 Å². The number of aldehydes is 1. The van der Waals surface area contributed by atoms with Gasteiger partial charge >= 0.3 is 5.97 Å². The predicted octanol–water partition coefficient (Wildman–Crippen LogP) is 1.05. The van der Waals surface area contributed by atoms with Crippen molar-refractivity contribution in [3.63, 3.8) is 0 Å². The largest absolute Gasteiger partial charge is 0.464 e. The van der Waals surface area contributed by atoms with Crippen LogP contribution in [0.25, 0.3) is 0 Å². The Bertz CT molecular complexity index is 226. The van der Waals surface area contributed by atoms with E-state index in [2.05, 4.69) is 0 Å². The van der Waals surface area contributed by atoms with Gasteiger partial charge in [0.05, 0.1) is 6.61 Å². The summed E-state index contributed by atoms with van der Waals surface area (Å²) in [7, 11) is 0. The summed E-state index contributed by atoms with van der Waals surface area (Å²) < 4.78 is 4.94. The Labute approximate surface area is 90.5 Å². The molecule has 0 saturated carbocycles. The van der Waals surface area contributed by atoms with Crippen molar-refractivity contribution in [3.05, 3.63) is 12.2 Å². The van der Waals surface area contributed by atoms with Crippen LogP contribution in [0.3, 0.4) is 0 Å². The average molecular weight is 213 g/mol. The van der Waals surface area contributed by atoms with Gasteiger partial charge in [-0.05, 0) is 18.4 Å². The summed E-state index contributed by atoms with van der Waals surface area (Å²) in [6.07, 6.45) is 5.10. The van der Waals surface area contributed by atoms with Gasteiger partial charge in [0.1, 0.15) is 12.3 Å². The fourth-order valence-electron chi connectivity index (χ4n) is 0.962. The van der Waals surface area contributed by atoms with Gasteiger partial charge in [0.2, 0.25) is 0 Å². The molecule has 0 aromatic rings. The number of carbonyl (C=O) groups excluding carboxylic acids is 2. The molecule has 0 fully saturated rings. The lowest BCUT2D eigenvalue weighted by Crippen LogP contribution is -2.38. The van der Waals surface area contributed by atoms with Crippen molar-refractivity contribution in [2.24, 2.45) is 11.7 Å². The van der Waals surface area contributed by atoms with Gasteiger partial charge in [0.25, 0.3) is 0 Å². The quantitative estimate of drug-likeness (QED) is 0.297. The van der Waals surface area contributed by atoms with Crippen molar-refractivity contribution in [2.45, 2.75) is 32.7 Å². The third-order valence-electron chi connectivity index (χ3n) is 2.27. The molecule has 0 bridgehead atoms. The van der Waals surface area contributed by atoms with E-state index in [1.54, 1.807) is 6.08 Å². The second kappa shape index (κ2) is 8.17. The van der Waals surface area contributed by atoms with Crippen LogP contribution >= 0.6 is 0 Å². The van der Waals surface area contributed by atoms with Gasteiger partial charge in [0, 0.05) is 0 Å². The van der Waals surface area contributed by atoms with Crippen LogP contribution in [-0.4, -0.2) is 24.9 Å². The Balaban J connectivity index is 3.73. The maximum Gasteiger partial charge on any atom is 0.323 e. The number of rotatable bonds is 7. The van der Waals surface area contributed by atoms with E-state index in [1.807, 2.05) is 13.8 Å². The molecule has 0 aromatic heterocycles. The number of nitrogens with two attached hydrogens (primary N) is 1. The molecular formula is C11H19NO3. The molecule has 0 saturated heterocycles. The second-order valence-corrected chi connectivity index (χ2v) is 3.43. The first kappa shape index (κ1) is 13.8. The molecule has 0 radical (unpaired) electrons. The van der Waals surface area contributed by atoms with Crippen LogP contribution in [0.1, 0.15) is 26.7 Å². The Morgan fingerprint density at radius 1 is 1.53 bits per heavy atom. The molecule has 2 atom stereocenters. The van der Waals surface area contributed by atoms with Crippen molar-refractivity contribution in [1.29, 1.82) is 0 Å². The smallest absolute Gasteiger partial charge is 0.323 e. The highest BCUT2D eigenvalue weighted by molar-refractivity contribution is 5.75. The molecule has 0 spiro atoms. The standard InChI is InChI=1S/C11H19NO3/c1-3-9(2)10(12)11(14)15-8-6-4-5-7-13/h4-5,7,9-10H,3,6,8,12H2,1-2H3/b5-4-/t9-,10-/m0/s1. The third kappa shape index (κ3) is 6.01. The summed E-state index contributed by atoms with van der Waals surface area (Å²) in [5.74, 6) is -0.244. The maximum atomic E-state index is 11.3. The fraction of sp³-hybridized carbons (Fsp3) is 0.636. The third-order valence-corrected chi connectivity index (χ3v) is 2.27. The Morgan fingerprint density at radius 2 is 2.20 bits per heavy atom. The first-order chi connectivity index (χ1) is 7.13. The lowest BCUT2D eigenvalue weighted by molar-refractivity contribution is -0.146. The monoisotopic (exact) mass is 213 g/mol. The molecule has 0 aliphatic carbocycles. The molecule has 0 aliphatic heterocycles. The molecular weight excluding hydrogens is 194 g/mol. The zero-order chi connectivity index (χ0) is 11.7. The van der Waals surface area contributed by atoms with Gasteiger partial charge < -0.3 is 10.5 Å². The van der Waals surface area contributed by atoms with Crippen molar-refractivity contribution in [2.75, 3.05) is 6.61 Å². The highest BCUT2D eigenvalue weighted by Gasteiger charge is 2.20. The van der Waals surface area contributed by atoms with E-state index in [1.165, 1.54) is 6.08 Å². The minimum absolute atomic E-state index is 0.128. The SMILES string of the molecule is CC[C@H](C)[C@H](N)C(=O)OCC/C=C\C=O. The molecule has 0 heterocycles. The minimum Gasteiger partial charge on any atom is -0.464 e. The molecule has 4 nitrogen and oxygen atoms in total. The Morgan fingerprint density at radius 3 is 2.73 bits per heavy atom. The van der Waals surface area contributed by atoms with Crippen molar-refractivity contribution in [1.82, 2.24) is 0 Å². The highest BCUT2D eigenvalue weighted by atomic mass is 16.5. The van der Waals surface area contributed by atoms with Crippen LogP contribution in [0.4, 0.5) is 0 Å². The van der Waals surface area contributed by atoms with Gasteiger partial charge in [-0.25, -0.2) is 0 Å². The van der Waals surface area contributed by atoms with Crippen LogP contribution in [0.2, 0.25) is 0 Å². The van der Waals surface area contributed by atoms with Gasteiger partial charge in [-0.2, -0.15) is 0 Å². The van der Waals surface area contributed by atoms with Crippen LogP contribution in [-0.2, 0) is 14.3 Å². The van der Waals surface area contributed by atoms with Crippen molar-refractivity contribution in [3.8, 4) is 0 Å². The number of allylic oxidation sites excluding steroid dienone is 1. The summed E-state index contributed by atoms with van der Waals surface area (Å²) in [5, 5.41) is 0. The first-order valence-electron chi connectivity index (χ1n) is 5.16. The van der Waals surface area contributed by atoms with Crippen molar-refractivity contribution < 1.29 is 14.3 Å². The predicted molar refractivity (Wildman–Crippen MR) is 58.2 cm³/mol. The minimum atomic E-state index is -0.551. The number of hydrogen-bond acceptors (Lipinski definition) is 4. The average Bonchev–Trinajstić information content (AvgIpc) is 2.26. The van der Waals surface area contributed by atoms with Gasteiger partial charge in [-0.3, -0.25) is 9.59 Å². The van der Waals surface area contributed by atoms with Crippen LogP contribution in [0.15, 0.2) is 12.2 Å². The topological polar surface area (TPSA) is 69.4 Å². The van der Waals surface area contributed by atoms with Crippen molar-refractivity contribution >= 4 is 12.3 Å². The summed E-state index contributed by atoms with van der Waals surface area (Å²) in [6.45, 7) is 4.16. The van der Waals surface area contributed by atoms with E-state index in [-0.39, 0.29) is 18.5 Å². The Hall–Kier alpha value is -1.16. The lowest BCUT2D eigenvalue weighted by atomic mass is 10.0. The number of esters is 1. The molecule has 86 valence electrons. The van der Waals surface area contributed by atoms with E-state index in [4.69, 9.17) is 10.5 Å².